The Morgan fingerprint density at radius 3 is 2.47 bits per heavy atom. The van der Waals surface area contributed by atoms with Crippen molar-refractivity contribution in [3.63, 3.8) is 0 Å². The van der Waals surface area contributed by atoms with Gasteiger partial charge in [0.05, 0.1) is 18.2 Å². The Balaban J connectivity index is 1.49. The van der Waals surface area contributed by atoms with Crippen molar-refractivity contribution >= 4 is 11.8 Å². The van der Waals surface area contributed by atoms with Crippen LogP contribution in [0.3, 0.4) is 0 Å². The molecule has 3 aromatic carbocycles. The van der Waals surface area contributed by atoms with Gasteiger partial charge >= 0.3 is 0 Å². The standard InChI is InChI=1S/C29H30N4O3/c1-20(34)31-18-29(36)33-14-13-27(26(19-33)23-5-3-2-4-6-23)32-17-25-15-24(11-12-28(25)35)22-9-7-21(16-30)8-10-22/h2-12,15,26-27,32,35H,13-14,17-19H2,1H3,(H,31,34)/t26-,27-/m0/s1. The Bertz CT molecular complexity index is 1250. The molecule has 1 fully saturated rings. The number of benzene rings is 3. The van der Waals surface area contributed by atoms with Gasteiger partial charge in [-0.15, -0.1) is 0 Å². The smallest absolute Gasteiger partial charge is 0.241 e. The molecule has 1 aliphatic rings. The van der Waals surface area contributed by atoms with E-state index in [4.69, 9.17) is 5.26 Å². The van der Waals surface area contributed by atoms with E-state index in [1.807, 2.05) is 47.4 Å². The number of phenolic OH excluding ortho intramolecular Hbond substituents is 1. The summed E-state index contributed by atoms with van der Waals surface area (Å²) < 4.78 is 0. The topological polar surface area (TPSA) is 105 Å². The van der Waals surface area contributed by atoms with Gasteiger partial charge in [-0.2, -0.15) is 5.26 Å². The lowest BCUT2D eigenvalue weighted by Gasteiger charge is -2.39. The van der Waals surface area contributed by atoms with Crippen molar-refractivity contribution in [2.45, 2.75) is 31.8 Å². The number of nitrogens with one attached hydrogen (secondary N) is 2. The van der Waals surface area contributed by atoms with Crippen LogP contribution in [0.2, 0.25) is 0 Å². The first-order chi connectivity index (χ1) is 17.4. The minimum absolute atomic E-state index is 0.00491. The van der Waals surface area contributed by atoms with Crippen molar-refractivity contribution < 1.29 is 14.7 Å². The molecular formula is C29H30N4O3. The van der Waals surface area contributed by atoms with Crippen molar-refractivity contribution in [1.82, 2.24) is 15.5 Å². The van der Waals surface area contributed by atoms with Gasteiger partial charge in [-0.05, 0) is 47.4 Å². The summed E-state index contributed by atoms with van der Waals surface area (Å²) in [7, 11) is 0. The second-order valence-corrected chi connectivity index (χ2v) is 9.08. The van der Waals surface area contributed by atoms with Gasteiger partial charge < -0.3 is 20.6 Å². The van der Waals surface area contributed by atoms with Gasteiger partial charge in [0, 0.05) is 44.1 Å². The lowest BCUT2D eigenvalue weighted by molar-refractivity contribution is -0.133. The van der Waals surface area contributed by atoms with E-state index in [9.17, 15) is 14.7 Å². The van der Waals surface area contributed by atoms with Gasteiger partial charge in [0.2, 0.25) is 11.8 Å². The minimum atomic E-state index is -0.220. The second kappa shape index (κ2) is 11.5. The third-order valence-corrected chi connectivity index (χ3v) is 6.66. The monoisotopic (exact) mass is 482 g/mol. The zero-order chi connectivity index (χ0) is 25.5. The molecule has 2 amide bonds. The van der Waals surface area contributed by atoms with Crippen molar-refractivity contribution in [2.24, 2.45) is 0 Å². The molecule has 0 bridgehead atoms. The number of piperidine rings is 1. The number of nitriles is 1. The molecule has 3 aromatic rings. The summed E-state index contributed by atoms with van der Waals surface area (Å²) in [4.78, 5) is 25.7. The predicted octanol–water partition coefficient (Wildman–Crippen LogP) is 3.54. The first kappa shape index (κ1) is 25.0. The summed E-state index contributed by atoms with van der Waals surface area (Å²) in [5.41, 5.74) is 4.47. The molecule has 1 heterocycles. The summed E-state index contributed by atoms with van der Waals surface area (Å²) in [5.74, 6) is -0.0101. The lowest BCUT2D eigenvalue weighted by Crippen LogP contribution is -2.51. The maximum Gasteiger partial charge on any atom is 0.241 e. The lowest BCUT2D eigenvalue weighted by atomic mass is 9.85. The van der Waals surface area contributed by atoms with Crippen LogP contribution in [0, 0.1) is 11.3 Å². The molecule has 184 valence electrons. The van der Waals surface area contributed by atoms with Gasteiger partial charge in [-0.25, -0.2) is 0 Å². The quantitative estimate of drug-likeness (QED) is 0.478. The summed E-state index contributed by atoms with van der Waals surface area (Å²) in [5, 5.41) is 25.8. The van der Waals surface area contributed by atoms with E-state index < -0.39 is 0 Å². The van der Waals surface area contributed by atoms with Gasteiger partial charge in [-0.3, -0.25) is 9.59 Å². The van der Waals surface area contributed by atoms with E-state index in [1.165, 1.54) is 6.92 Å². The summed E-state index contributed by atoms with van der Waals surface area (Å²) >= 11 is 0. The number of likely N-dealkylation sites (tertiary alicyclic amines) is 1. The molecule has 2 atom stereocenters. The van der Waals surface area contributed by atoms with Crippen molar-refractivity contribution in [1.29, 1.82) is 5.26 Å². The van der Waals surface area contributed by atoms with E-state index in [-0.39, 0.29) is 36.1 Å². The van der Waals surface area contributed by atoms with E-state index in [1.54, 1.807) is 18.2 Å². The van der Waals surface area contributed by atoms with Crippen molar-refractivity contribution in [3.05, 3.63) is 89.5 Å². The molecule has 0 radical (unpaired) electrons. The number of rotatable bonds is 7. The van der Waals surface area contributed by atoms with Crippen LogP contribution in [0.4, 0.5) is 0 Å². The Morgan fingerprint density at radius 2 is 1.78 bits per heavy atom. The Morgan fingerprint density at radius 1 is 1.06 bits per heavy atom. The minimum Gasteiger partial charge on any atom is -0.508 e. The van der Waals surface area contributed by atoms with Gasteiger partial charge in [0.15, 0.2) is 0 Å². The number of phenols is 1. The number of aromatic hydroxyl groups is 1. The molecule has 7 heteroatoms. The van der Waals surface area contributed by atoms with E-state index in [0.29, 0.717) is 25.2 Å². The maximum atomic E-state index is 12.7. The Hall–Kier alpha value is -4.15. The van der Waals surface area contributed by atoms with Gasteiger partial charge in [0.25, 0.3) is 0 Å². The van der Waals surface area contributed by atoms with Gasteiger partial charge in [0.1, 0.15) is 5.75 Å². The third kappa shape index (κ3) is 6.09. The highest BCUT2D eigenvalue weighted by Gasteiger charge is 2.32. The molecule has 0 aromatic heterocycles. The number of nitrogens with zero attached hydrogens (tertiary/aromatic N) is 2. The average molecular weight is 483 g/mol. The van der Waals surface area contributed by atoms with Crippen LogP contribution < -0.4 is 10.6 Å². The van der Waals surface area contributed by atoms with Crippen LogP contribution in [0.1, 0.15) is 36.0 Å². The molecule has 4 rings (SSSR count). The van der Waals surface area contributed by atoms with Crippen LogP contribution >= 0.6 is 0 Å². The highest BCUT2D eigenvalue weighted by Crippen LogP contribution is 2.30. The third-order valence-electron chi connectivity index (χ3n) is 6.66. The molecule has 0 saturated carbocycles. The number of carbonyl (C=O) groups is 2. The molecule has 1 aliphatic heterocycles. The molecule has 1 saturated heterocycles. The van der Waals surface area contributed by atoms with Crippen LogP contribution in [0.25, 0.3) is 11.1 Å². The first-order valence-corrected chi connectivity index (χ1v) is 12.1. The molecule has 0 spiro atoms. The highest BCUT2D eigenvalue weighted by molar-refractivity contribution is 5.83. The molecule has 36 heavy (non-hydrogen) atoms. The normalized spacial score (nSPS) is 17.3. The molecule has 7 nitrogen and oxygen atoms in total. The Labute approximate surface area is 211 Å². The van der Waals surface area contributed by atoms with Crippen LogP contribution in [-0.2, 0) is 16.1 Å². The second-order valence-electron chi connectivity index (χ2n) is 9.08. The fourth-order valence-corrected chi connectivity index (χ4v) is 4.66. The summed E-state index contributed by atoms with van der Waals surface area (Å²) in [6, 6.07) is 25.3. The van der Waals surface area contributed by atoms with E-state index in [2.05, 4.69) is 28.8 Å². The van der Waals surface area contributed by atoms with Crippen molar-refractivity contribution in [2.75, 3.05) is 19.6 Å². The van der Waals surface area contributed by atoms with E-state index >= 15 is 0 Å². The zero-order valence-electron chi connectivity index (χ0n) is 20.3. The fourth-order valence-electron chi connectivity index (χ4n) is 4.66. The average Bonchev–Trinajstić information content (AvgIpc) is 2.91. The zero-order valence-corrected chi connectivity index (χ0v) is 20.3. The summed E-state index contributed by atoms with van der Waals surface area (Å²) in [6.45, 7) is 3.03. The van der Waals surface area contributed by atoms with Gasteiger partial charge in [-0.1, -0.05) is 48.5 Å². The molecular weight excluding hydrogens is 452 g/mol. The maximum absolute atomic E-state index is 12.7. The molecule has 0 aliphatic carbocycles. The predicted molar refractivity (Wildman–Crippen MR) is 138 cm³/mol. The summed E-state index contributed by atoms with van der Waals surface area (Å²) in [6.07, 6.45) is 0.751. The van der Waals surface area contributed by atoms with E-state index in [0.717, 1.165) is 28.7 Å². The Kier molecular flexibility index (Phi) is 7.99. The molecule has 3 N–H and O–H groups in total. The van der Waals surface area contributed by atoms with Crippen LogP contribution in [-0.4, -0.2) is 47.5 Å². The first-order valence-electron chi connectivity index (χ1n) is 12.1. The fraction of sp³-hybridized carbons (Fsp3) is 0.276. The molecule has 0 unspecified atom stereocenters. The number of hydrogen-bond donors (Lipinski definition) is 3. The van der Waals surface area contributed by atoms with Crippen LogP contribution in [0.5, 0.6) is 5.75 Å². The van der Waals surface area contributed by atoms with Crippen molar-refractivity contribution in [3.8, 4) is 22.9 Å². The number of amides is 2. The number of hydrogen-bond acceptors (Lipinski definition) is 5. The number of carbonyl (C=O) groups excluding carboxylic acids is 2. The SMILES string of the molecule is CC(=O)NCC(=O)N1CC[C@H](NCc2cc(-c3ccc(C#N)cc3)ccc2O)[C@H](c2ccccc2)C1. The van der Waals surface area contributed by atoms with Crippen LogP contribution in [0.15, 0.2) is 72.8 Å². The largest absolute Gasteiger partial charge is 0.508 e. The highest BCUT2D eigenvalue weighted by atomic mass is 16.3.